The number of hydrogen-bond donors (Lipinski definition) is 0. The van der Waals surface area contributed by atoms with Gasteiger partial charge in [0.15, 0.2) is 0 Å². The lowest BCUT2D eigenvalue weighted by Gasteiger charge is -1.97. The first-order chi connectivity index (χ1) is 7.00. The molecule has 1 aliphatic carbocycles. The van der Waals surface area contributed by atoms with E-state index in [9.17, 15) is 0 Å². The van der Waals surface area contributed by atoms with Crippen LogP contribution in [-0.4, -0.2) is 0 Å². The van der Waals surface area contributed by atoms with Crippen molar-refractivity contribution in [3.63, 3.8) is 0 Å². The first-order valence-corrected chi connectivity index (χ1v) is 5.97. The quantitative estimate of drug-likeness (QED) is 0.482. The van der Waals surface area contributed by atoms with Gasteiger partial charge in [0.1, 0.15) is 0 Å². The van der Waals surface area contributed by atoms with E-state index in [1.807, 2.05) is 0 Å². The van der Waals surface area contributed by atoms with Crippen LogP contribution in [0.1, 0.15) is 51.4 Å². The van der Waals surface area contributed by atoms with E-state index >= 15 is 0 Å². The third-order valence-electron chi connectivity index (χ3n) is 2.54. The highest BCUT2D eigenvalue weighted by Gasteiger charge is 1.87. The SMILES string of the molecule is C1=C/CC/C=C/CCCCCC/C=C/1. The Kier molecular flexibility index (Phi) is 7.10. The summed E-state index contributed by atoms with van der Waals surface area (Å²) >= 11 is 0. The van der Waals surface area contributed by atoms with Crippen molar-refractivity contribution in [3.8, 4) is 0 Å². The van der Waals surface area contributed by atoms with Crippen molar-refractivity contribution in [2.45, 2.75) is 51.4 Å². The molecule has 0 aromatic heterocycles. The third kappa shape index (κ3) is 6.71. The van der Waals surface area contributed by atoms with Gasteiger partial charge in [0.05, 0.1) is 0 Å². The fraction of sp³-hybridized carbons (Fsp3) is 0.571. The largest absolute Gasteiger partial charge is 0.0885 e. The third-order valence-corrected chi connectivity index (χ3v) is 2.54. The molecule has 0 spiro atoms. The standard InChI is InChI=1S/C14H22/c1-2-4-6-8-10-12-14-13-11-9-7-5-3-1/h1-4,9,11H,5-8,10,12-14H2/b3-1+,4-2+,11-9+. The molecule has 0 saturated carbocycles. The Balaban J connectivity index is 2.26. The minimum atomic E-state index is 1.18. The molecule has 0 aromatic rings. The fourth-order valence-corrected chi connectivity index (χ4v) is 1.66. The molecule has 1 aliphatic rings. The van der Waals surface area contributed by atoms with Crippen LogP contribution in [0.4, 0.5) is 0 Å². The average molecular weight is 190 g/mol. The molecular formula is C14H22. The van der Waals surface area contributed by atoms with Gasteiger partial charge in [0, 0.05) is 0 Å². The molecule has 0 radical (unpaired) electrons. The van der Waals surface area contributed by atoms with Crippen LogP contribution in [-0.2, 0) is 0 Å². The first-order valence-electron chi connectivity index (χ1n) is 5.97. The van der Waals surface area contributed by atoms with Gasteiger partial charge in [-0.05, 0) is 38.5 Å². The highest BCUT2D eigenvalue weighted by Crippen LogP contribution is 2.07. The molecular weight excluding hydrogens is 168 g/mol. The lowest BCUT2D eigenvalue weighted by atomic mass is 10.1. The number of allylic oxidation sites excluding steroid dienone is 6. The van der Waals surface area contributed by atoms with Crippen LogP contribution in [0, 0.1) is 0 Å². The van der Waals surface area contributed by atoms with E-state index in [4.69, 9.17) is 0 Å². The summed E-state index contributed by atoms with van der Waals surface area (Å²) in [4.78, 5) is 0. The van der Waals surface area contributed by atoms with Crippen LogP contribution in [0.25, 0.3) is 0 Å². The highest BCUT2D eigenvalue weighted by atomic mass is 13.9. The van der Waals surface area contributed by atoms with Crippen molar-refractivity contribution in [3.05, 3.63) is 36.5 Å². The summed E-state index contributed by atoms with van der Waals surface area (Å²) in [6.07, 6.45) is 24.0. The van der Waals surface area contributed by atoms with Crippen LogP contribution < -0.4 is 0 Å². The van der Waals surface area contributed by atoms with Gasteiger partial charge in [0.25, 0.3) is 0 Å². The lowest BCUT2D eigenvalue weighted by Crippen LogP contribution is -1.77. The van der Waals surface area contributed by atoms with Crippen LogP contribution in [0.5, 0.6) is 0 Å². The Hall–Kier alpha value is -0.780. The summed E-state index contributed by atoms with van der Waals surface area (Å²) in [6.45, 7) is 0. The zero-order valence-corrected chi connectivity index (χ0v) is 9.12. The van der Waals surface area contributed by atoms with E-state index in [-0.39, 0.29) is 0 Å². The van der Waals surface area contributed by atoms with Crippen LogP contribution in [0.2, 0.25) is 0 Å². The summed E-state index contributed by atoms with van der Waals surface area (Å²) in [5.41, 5.74) is 0. The summed E-state index contributed by atoms with van der Waals surface area (Å²) in [7, 11) is 0. The van der Waals surface area contributed by atoms with Gasteiger partial charge in [0.2, 0.25) is 0 Å². The van der Waals surface area contributed by atoms with Crippen LogP contribution >= 0.6 is 0 Å². The van der Waals surface area contributed by atoms with E-state index in [1.165, 1.54) is 51.4 Å². The Bertz CT molecular complexity index is 196. The van der Waals surface area contributed by atoms with Gasteiger partial charge < -0.3 is 0 Å². The van der Waals surface area contributed by atoms with E-state index in [0.717, 1.165) is 0 Å². The lowest BCUT2D eigenvalue weighted by molar-refractivity contribution is 0.652. The monoisotopic (exact) mass is 190 g/mol. The minimum Gasteiger partial charge on any atom is -0.0885 e. The Labute approximate surface area is 88.4 Å². The van der Waals surface area contributed by atoms with E-state index in [1.54, 1.807) is 0 Å². The molecule has 0 heteroatoms. The second-order valence-electron chi connectivity index (χ2n) is 3.90. The second-order valence-corrected chi connectivity index (χ2v) is 3.90. The van der Waals surface area contributed by atoms with Gasteiger partial charge in [-0.15, -0.1) is 0 Å². The van der Waals surface area contributed by atoms with Crippen molar-refractivity contribution < 1.29 is 0 Å². The van der Waals surface area contributed by atoms with Crippen molar-refractivity contribution >= 4 is 0 Å². The van der Waals surface area contributed by atoms with Crippen molar-refractivity contribution in [1.82, 2.24) is 0 Å². The van der Waals surface area contributed by atoms with Crippen molar-refractivity contribution in [2.75, 3.05) is 0 Å². The van der Waals surface area contributed by atoms with Crippen molar-refractivity contribution in [1.29, 1.82) is 0 Å². The summed E-state index contributed by atoms with van der Waals surface area (Å²) in [5.74, 6) is 0. The molecule has 14 heavy (non-hydrogen) atoms. The Morgan fingerprint density at radius 3 is 1.71 bits per heavy atom. The molecule has 0 amide bonds. The maximum Gasteiger partial charge on any atom is -0.0313 e. The maximum absolute atomic E-state index is 2.34. The predicted molar refractivity (Wildman–Crippen MR) is 64.4 cm³/mol. The molecule has 0 fully saturated rings. The number of hydrogen-bond acceptors (Lipinski definition) is 0. The molecule has 0 unspecified atom stereocenters. The van der Waals surface area contributed by atoms with Crippen molar-refractivity contribution in [2.24, 2.45) is 0 Å². The smallest absolute Gasteiger partial charge is 0.0313 e. The maximum atomic E-state index is 2.34. The normalized spacial score (nSPS) is 27.4. The Morgan fingerprint density at radius 2 is 0.929 bits per heavy atom. The number of rotatable bonds is 0. The second kappa shape index (κ2) is 8.80. The topological polar surface area (TPSA) is 0 Å². The molecule has 0 nitrogen and oxygen atoms in total. The zero-order valence-electron chi connectivity index (χ0n) is 9.12. The average Bonchev–Trinajstić information content (AvgIpc) is 2.22. The highest BCUT2D eigenvalue weighted by molar-refractivity contribution is 5.02. The molecule has 78 valence electrons. The Morgan fingerprint density at radius 1 is 0.429 bits per heavy atom. The van der Waals surface area contributed by atoms with Gasteiger partial charge in [-0.3, -0.25) is 0 Å². The molecule has 1 rings (SSSR count). The van der Waals surface area contributed by atoms with Gasteiger partial charge in [-0.1, -0.05) is 49.3 Å². The van der Waals surface area contributed by atoms with E-state index in [0.29, 0.717) is 0 Å². The van der Waals surface area contributed by atoms with Crippen LogP contribution in [0.3, 0.4) is 0 Å². The summed E-state index contributed by atoms with van der Waals surface area (Å²) in [5, 5.41) is 0. The first kappa shape index (κ1) is 11.3. The molecule has 0 saturated heterocycles. The fourth-order valence-electron chi connectivity index (χ4n) is 1.66. The molecule has 0 bridgehead atoms. The van der Waals surface area contributed by atoms with Gasteiger partial charge in [-0.2, -0.15) is 0 Å². The summed E-state index contributed by atoms with van der Waals surface area (Å²) < 4.78 is 0. The van der Waals surface area contributed by atoms with Gasteiger partial charge >= 0.3 is 0 Å². The molecule has 0 heterocycles. The minimum absolute atomic E-state index is 1.18. The van der Waals surface area contributed by atoms with Gasteiger partial charge in [-0.25, -0.2) is 0 Å². The predicted octanol–water partition coefficient (Wildman–Crippen LogP) is 4.79. The molecule has 0 atom stereocenters. The van der Waals surface area contributed by atoms with E-state index in [2.05, 4.69) is 36.5 Å². The zero-order chi connectivity index (χ0) is 9.90. The molecule has 0 aromatic carbocycles. The van der Waals surface area contributed by atoms with Crippen LogP contribution in [0.15, 0.2) is 36.5 Å². The summed E-state index contributed by atoms with van der Waals surface area (Å²) in [6, 6.07) is 0. The van der Waals surface area contributed by atoms with E-state index < -0.39 is 0 Å². The molecule has 0 aliphatic heterocycles. The molecule has 0 N–H and O–H groups in total.